The minimum Gasteiger partial charge on any atom is -0.345 e. The summed E-state index contributed by atoms with van der Waals surface area (Å²) in [6, 6.07) is 4.57. The maximum absolute atomic E-state index is 13.2. The van der Waals surface area contributed by atoms with Crippen LogP contribution >= 0.6 is 0 Å². The van der Waals surface area contributed by atoms with E-state index in [1.54, 1.807) is 6.07 Å². The molecule has 118 valence electrons. The summed E-state index contributed by atoms with van der Waals surface area (Å²) < 4.78 is 13.2. The third-order valence-corrected chi connectivity index (χ3v) is 4.21. The minimum absolute atomic E-state index is 0.234. The van der Waals surface area contributed by atoms with Crippen molar-refractivity contribution in [1.29, 1.82) is 0 Å². The number of H-pyrrole nitrogens is 1. The van der Waals surface area contributed by atoms with Crippen LogP contribution in [0.1, 0.15) is 18.7 Å². The van der Waals surface area contributed by atoms with Gasteiger partial charge < -0.3 is 9.88 Å². The average Bonchev–Trinajstić information content (AvgIpc) is 2.84. The average molecular weight is 304 g/mol. The molecule has 6 heteroatoms. The van der Waals surface area contributed by atoms with Gasteiger partial charge in [-0.2, -0.15) is 0 Å². The van der Waals surface area contributed by atoms with E-state index in [1.165, 1.54) is 12.1 Å². The number of likely N-dealkylation sites (tertiary alicyclic amines) is 1. The second-order valence-electron chi connectivity index (χ2n) is 6.22. The number of hydrogen-bond acceptors (Lipinski definition) is 3. The quantitative estimate of drug-likeness (QED) is 0.940. The highest BCUT2D eigenvalue weighted by atomic mass is 19.1. The first-order valence-electron chi connectivity index (χ1n) is 7.58. The normalized spacial score (nSPS) is 19.4. The number of imidazole rings is 1. The van der Waals surface area contributed by atoms with Crippen molar-refractivity contribution in [2.45, 2.75) is 19.4 Å². The summed E-state index contributed by atoms with van der Waals surface area (Å²) in [6.07, 6.45) is 1.58. The minimum atomic E-state index is -0.258. The predicted octanol–water partition coefficient (Wildman–Crippen LogP) is 2.00. The molecule has 0 aliphatic carbocycles. The fourth-order valence-corrected chi connectivity index (χ4v) is 3.12. The van der Waals surface area contributed by atoms with E-state index in [1.807, 2.05) is 19.0 Å². The number of fused-ring (bicyclic) bond motifs is 1. The number of benzene rings is 1. The van der Waals surface area contributed by atoms with Crippen LogP contribution in [0.3, 0.4) is 0 Å². The van der Waals surface area contributed by atoms with Crippen LogP contribution in [0.4, 0.5) is 4.39 Å². The summed E-state index contributed by atoms with van der Waals surface area (Å²) in [5.41, 5.74) is 1.51. The molecule has 2 heterocycles. The summed E-state index contributed by atoms with van der Waals surface area (Å²) in [7, 11) is 3.91. The van der Waals surface area contributed by atoms with Gasteiger partial charge in [-0.15, -0.1) is 0 Å². The zero-order valence-electron chi connectivity index (χ0n) is 13.0. The third kappa shape index (κ3) is 3.27. The van der Waals surface area contributed by atoms with Crippen molar-refractivity contribution in [3.05, 3.63) is 29.8 Å². The second-order valence-corrected chi connectivity index (χ2v) is 6.22. The Balaban J connectivity index is 1.60. The van der Waals surface area contributed by atoms with Crippen LogP contribution in [0.2, 0.25) is 0 Å². The lowest BCUT2D eigenvalue weighted by atomic mass is 9.97. The lowest BCUT2D eigenvalue weighted by Crippen LogP contribution is -2.41. The first-order chi connectivity index (χ1) is 10.5. The lowest BCUT2D eigenvalue weighted by molar-refractivity contribution is -0.133. The number of rotatable bonds is 4. The first-order valence-corrected chi connectivity index (χ1v) is 7.58. The number of halogens is 1. The van der Waals surface area contributed by atoms with Crippen LogP contribution in [0, 0.1) is 11.7 Å². The van der Waals surface area contributed by atoms with E-state index in [9.17, 15) is 9.18 Å². The summed E-state index contributed by atoms with van der Waals surface area (Å²) in [5.74, 6) is 1.31. The number of hydrogen-bond donors (Lipinski definition) is 1. The van der Waals surface area contributed by atoms with Crippen molar-refractivity contribution in [1.82, 2.24) is 19.8 Å². The Morgan fingerprint density at radius 2 is 2.32 bits per heavy atom. The molecule has 1 N–H and O–H groups in total. The number of nitrogens with one attached hydrogen (secondary N) is 1. The number of nitrogens with zero attached hydrogens (tertiary/aromatic N) is 3. The van der Waals surface area contributed by atoms with E-state index in [2.05, 4.69) is 14.9 Å². The van der Waals surface area contributed by atoms with E-state index in [0.29, 0.717) is 18.9 Å². The first kappa shape index (κ1) is 15.0. The van der Waals surface area contributed by atoms with E-state index >= 15 is 0 Å². The maximum atomic E-state index is 13.2. The van der Waals surface area contributed by atoms with Crippen molar-refractivity contribution >= 4 is 16.9 Å². The van der Waals surface area contributed by atoms with Crippen LogP contribution in [0.5, 0.6) is 0 Å². The molecule has 1 fully saturated rings. The topological polar surface area (TPSA) is 52.2 Å². The molecule has 1 aromatic heterocycles. The summed E-state index contributed by atoms with van der Waals surface area (Å²) in [4.78, 5) is 23.2. The van der Waals surface area contributed by atoms with Crippen LogP contribution in [0.15, 0.2) is 18.2 Å². The highest BCUT2D eigenvalue weighted by Crippen LogP contribution is 2.18. The zero-order valence-corrected chi connectivity index (χ0v) is 13.0. The molecule has 1 aliphatic heterocycles. The predicted molar refractivity (Wildman–Crippen MR) is 82.7 cm³/mol. The van der Waals surface area contributed by atoms with Crippen LogP contribution in [-0.4, -0.2) is 52.9 Å². The van der Waals surface area contributed by atoms with Gasteiger partial charge in [-0.3, -0.25) is 9.69 Å². The molecule has 0 radical (unpaired) electrons. The van der Waals surface area contributed by atoms with E-state index < -0.39 is 0 Å². The van der Waals surface area contributed by atoms with Gasteiger partial charge in [0.15, 0.2) is 0 Å². The number of piperidine rings is 1. The molecular formula is C16H21FN4O. The van der Waals surface area contributed by atoms with Crippen LogP contribution in [0.25, 0.3) is 11.0 Å². The molecule has 1 aliphatic rings. The fourth-order valence-electron chi connectivity index (χ4n) is 3.12. The molecule has 1 unspecified atom stereocenters. The Morgan fingerprint density at radius 3 is 3.09 bits per heavy atom. The molecule has 3 rings (SSSR count). The van der Waals surface area contributed by atoms with Crippen molar-refractivity contribution < 1.29 is 9.18 Å². The Hall–Kier alpha value is -1.95. The van der Waals surface area contributed by atoms with Gasteiger partial charge in [0.25, 0.3) is 0 Å². The molecule has 0 saturated carbocycles. The van der Waals surface area contributed by atoms with Crippen LogP contribution in [-0.2, 0) is 11.3 Å². The van der Waals surface area contributed by atoms with Gasteiger partial charge in [0.05, 0.1) is 17.6 Å². The van der Waals surface area contributed by atoms with Crippen molar-refractivity contribution in [2.75, 3.05) is 27.2 Å². The molecule has 22 heavy (non-hydrogen) atoms. The Morgan fingerprint density at radius 1 is 1.50 bits per heavy atom. The largest absolute Gasteiger partial charge is 0.345 e. The number of carbonyl (C=O) groups is 1. The molecule has 1 aromatic carbocycles. The molecule has 1 saturated heterocycles. The van der Waals surface area contributed by atoms with Gasteiger partial charge in [0.1, 0.15) is 11.6 Å². The second kappa shape index (κ2) is 6.04. The van der Waals surface area contributed by atoms with Gasteiger partial charge >= 0.3 is 0 Å². The molecule has 0 spiro atoms. The summed E-state index contributed by atoms with van der Waals surface area (Å²) >= 11 is 0. The summed E-state index contributed by atoms with van der Waals surface area (Å²) in [6.45, 7) is 2.42. The van der Waals surface area contributed by atoms with Gasteiger partial charge in [-0.25, -0.2) is 9.37 Å². The maximum Gasteiger partial charge on any atom is 0.222 e. The highest BCUT2D eigenvalue weighted by Gasteiger charge is 2.23. The van der Waals surface area contributed by atoms with Gasteiger partial charge in [0.2, 0.25) is 5.91 Å². The molecule has 1 atom stereocenters. The van der Waals surface area contributed by atoms with E-state index in [-0.39, 0.29) is 11.7 Å². The smallest absolute Gasteiger partial charge is 0.222 e. The van der Waals surface area contributed by atoms with Gasteiger partial charge in [-0.05, 0) is 37.6 Å². The Labute approximate surface area is 129 Å². The number of carbonyl (C=O) groups excluding carboxylic acids is 1. The van der Waals surface area contributed by atoms with Crippen molar-refractivity contribution in [2.24, 2.45) is 5.92 Å². The molecular weight excluding hydrogens is 283 g/mol. The van der Waals surface area contributed by atoms with Crippen molar-refractivity contribution in [3.8, 4) is 0 Å². The number of amides is 1. The van der Waals surface area contributed by atoms with Crippen molar-refractivity contribution in [3.63, 3.8) is 0 Å². The number of aromatic amines is 1. The SMILES string of the molecule is CN(Cc1nc2ccc(F)cc2[nH]1)CC1CCC(=O)N(C)C1. The van der Waals surface area contributed by atoms with Crippen LogP contribution < -0.4 is 0 Å². The zero-order chi connectivity index (χ0) is 15.7. The molecule has 1 amide bonds. The van der Waals surface area contributed by atoms with Gasteiger partial charge in [-0.1, -0.05) is 0 Å². The summed E-state index contributed by atoms with van der Waals surface area (Å²) in [5, 5.41) is 0. The Kier molecular flexibility index (Phi) is 4.11. The molecule has 2 aromatic rings. The standard InChI is InChI=1S/C16H21FN4O/c1-20(8-11-3-6-16(22)21(2)9-11)10-15-18-13-5-4-12(17)7-14(13)19-15/h4-5,7,11H,3,6,8-10H2,1-2H3,(H,18,19). The third-order valence-electron chi connectivity index (χ3n) is 4.21. The fraction of sp³-hybridized carbons (Fsp3) is 0.500. The number of aromatic nitrogens is 2. The highest BCUT2D eigenvalue weighted by molar-refractivity contribution is 5.76. The van der Waals surface area contributed by atoms with E-state index in [4.69, 9.17) is 0 Å². The lowest BCUT2D eigenvalue weighted by Gasteiger charge is -2.32. The Bertz CT molecular complexity index is 684. The van der Waals surface area contributed by atoms with Gasteiger partial charge in [0, 0.05) is 26.6 Å². The molecule has 0 bridgehead atoms. The molecule has 5 nitrogen and oxygen atoms in total. The van der Waals surface area contributed by atoms with E-state index in [0.717, 1.165) is 36.4 Å². The monoisotopic (exact) mass is 304 g/mol.